The number of nitrogens with zero attached hydrogens (tertiary/aromatic N) is 4. The van der Waals surface area contributed by atoms with Gasteiger partial charge in [0.05, 0.1) is 6.21 Å². The lowest BCUT2D eigenvalue weighted by Gasteiger charge is -2.05. The highest BCUT2D eigenvalue weighted by Gasteiger charge is 2.16. The van der Waals surface area contributed by atoms with Crippen molar-refractivity contribution >= 4 is 34.9 Å². The van der Waals surface area contributed by atoms with Crippen molar-refractivity contribution in [3.8, 4) is 0 Å². The molecule has 0 aliphatic rings. The van der Waals surface area contributed by atoms with Gasteiger partial charge >= 0.3 is 5.69 Å². The van der Waals surface area contributed by atoms with Gasteiger partial charge in [-0.1, -0.05) is 42.0 Å². The van der Waals surface area contributed by atoms with Crippen LogP contribution in [-0.2, 0) is 13.6 Å². The topological polar surface area (TPSA) is 97.1 Å². The lowest BCUT2D eigenvalue weighted by molar-refractivity contribution is 0.818. The van der Waals surface area contributed by atoms with Crippen molar-refractivity contribution < 1.29 is 0 Å². The Balaban J connectivity index is 2.06. The normalized spacial score (nSPS) is 11.8. The van der Waals surface area contributed by atoms with Crippen LogP contribution >= 0.6 is 11.6 Å². The maximum Gasteiger partial charge on any atom is 0.329 e. The third-order valence-electron chi connectivity index (χ3n) is 3.80. The third-order valence-corrected chi connectivity index (χ3v) is 4.15. The number of imidazole rings is 1. The van der Waals surface area contributed by atoms with Crippen LogP contribution in [0.5, 0.6) is 0 Å². The Labute approximate surface area is 153 Å². The highest BCUT2D eigenvalue weighted by molar-refractivity contribution is 6.33. The molecule has 3 rings (SSSR count). The minimum Gasteiger partial charge on any atom is -0.299 e. The molecule has 8 nitrogen and oxygen atoms in total. The predicted octanol–water partition coefficient (Wildman–Crippen LogP) is 2.10. The largest absolute Gasteiger partial charge is 0.329 e. The molecule has 26 heavy (non-hydrogen) atoms. The van der Waals surface area contributed by atoms with Crippen molar-refractivity contribution in [3.05, 3.63) is 67.8 Å². The van der Waals surface area contributed by atoms with Gasteiger partial charge in [0.2, 0.25) is 5.95 Å². The Hall–Kier alpha value is -3.13. The van der Waals surface area contributed by atoms with E-state index in [0.717, 1.165) is 5.56 Å². The standard InChI is InChI=1S/C17H17ClN6O2/c1-3-4-9-24-13-14(23(2)17(26)21-15(13)25)20-16(24)22-19-10-11-7-5-6-8-12(11)18/h3-8,10H,9H2,1-2H3,(H,20,22)(H,21,25,26)/b4-3+,19-10-. The zero-order valence-corrected chi connectivity index (χ0v) is 15.0. The Kier molecular flexibility index (Phi) is 5.04. The number of aromatic nitrogens is 4. The Morgan fingerprint density at radius 1 is 1.35 bits per heavy atom. The van der Waals surface area contributed by atoms with Gasteiger partial charge in [0.1, 0.15) is 0 Å². The summed E-state index contributed by atoms with van der Waals surface area (Å²) in [7, 11) is 1.55. The summed E-state index contributed by atoms with van der Waals surface area (Å²) >= 11 is 6.10. The summed E-state index contributed by atoms with van der Waals surface area (Å²) in [6, 6.07) is 7.27. The van der Waals surface area contributed by atoms with Gasteiger partial charge in [-0.15, -0.1) is 0 Å². The molecule has 9 heteroatoms. The fourth-order valence-corrected chi connectivity index (χ4v) is 2.63. The second kappa shape index (κ2) is 7.40. The van der Waals surface area contributed by atoms with Crippen molar-refractivity contribution in [2.75, 3.05) is 5.43 Å². The van der Waals surface area contributed by atoms with Crippen molar-refractivity contribution in [3.63, 3.8) is 0 Å². The van der Waals surface area contributed by atoms with E-state index in [0.29, 0.717) is 23.0 Å². The third kappa shape index (κ3) is 3.31. The molecule has 0 atom stereocenters. The Morgan fingerprint density at radius 2 is 2.12 bits per heavy atom. The van der Waals surface area contributed by atoms with Gasteiger partial charge in [0.25, 0.3) is 5.56 Å². The van der Waals surface area contributed by atoms with Crippen LogP contribution in [0.2, 0.25) is 5.02 Å². The average molecular weight is 373 g/mol. The highest BCUT2D eigenvalue weighted by Crippen LogP contribution is 2.16. The molecule has 0 amide bonds. The van der Waals surface area contributed by atoms with E-state index in [1.165, 1.54) is 4.57 Å². The summed E-state index contributed by atoms with van der Waals surface area (Å²) in [5.74, 6) is 0.341. The molecule has 134 valence electrons. The van der Waals surface area contributed by atoms with Crippen LogP contribution in [0.1, 0.15) is 12.5 Å². The van der Waals surface area contributed by atoms with Gasteiger partial charge < -0.3 is 0 Å². The second-order valence-corrected chi connectivity index (χ2v) is 5.90. The van der Waals surface area contributed by atoms with Crippen LogP contribution < -0.4 is 16.7 Å². The van der Waals surface area contributed by atoms with Gasteiger partial charge in [-0.25, -0.2) is 10.2 Å². The summed E-state index contributed by atoms with van der Waals surface area (Å²) in [5, 5.41) is 4.72. The summed E-state index contributed by atoms with van der Waals surface area (Å²) in [6.45, 7) is 2.28. The molecule has 0 aliphatic heterocycles. The number of halogens is 1. The molecule has 2 N–H and O–H groups in total. The zero-order valence-electron chi connectivity index (χ0n) is 14.2. The number of H-pyrrole nitrogens is 1. The van der Waals surface area contributed by atoms with Crippen LogP contribution in [0.3, 0.4) is 0 Å². The number of hydrazone groups is 1. The van der Waals surface area contributed by atoms with Crippen LogP contribution in [0.15, 0.2) is 51.1 Å². The number of hydrogen-bond acceptors (Lipinski definition) is 5. The summed E-state index contributed by atoms with van der Waals surface area (Å²) in [5.41, 5.74) is 3.11. The Bertz CT molecular complexity index is 1120. The maximum absolute atomic E-state index is 12.3. The number of benzene rings is 1. The molecule has 0 radical (unpaired) electrons. The first-order valence-corrected chi connectivity index (χ1v) is 8.25. The monoisotopic (exact) mass is 372 g/mol. The van der Waals surface area contributed by atoms with Gasteiger partial charge in [-0.05, 0) is 13.0 Å². The predicted molar refractivity (Wildman–Crippen MR) is 103 cm³/mol. The maximum atomic E-state index is 12.3. The lowest BCUT2D eigenvalue weighted by atomic mass is 10.2. The van der Waals surface area contributed by atoms with Gasteiger partial charge in [0, 0.05) is 24.2 Å². The number of aryl methyl sites for hydroxylation is 1. The molecule has 3 aromatic rings. The lowest BCUT2D eigenvalue weighted by Crippen LogP contribution is -2.29. The number of allylic oxidation sites excluding steroid dienone is 2. The van der Waals surface area contributed by atoms with E-state index >= 15 is 0 Å². The first kappa shape index (κ1) is 17.7. The highest BCUT2D eigenvalue weighted by atomic mass is 35.5. The Morgan fingerprint density at radius 3 is 2.85 bits per heavy atom. The summed E-state index contributed by atoms with van der Waals surface area (Å²) < 4.78 is 2.93. The van der Waals surface area contributed by atoms with Crippen molar-refractivity contribution in [2.24, 2.45) is 12.1 Å². The van der Waals surface area contributed by atoms with Crippen molar-refractivity contribution in [1.82, 2.24) is 19.1 Å². The van der Waals surface area contributed by atoms with Crippen LogP contribution in [0.25, 0.3) is 11.2 Å². The first-order valence-electron chi connectivity index (χ1n) is 7.87. The molecule has 1 aromatic carbocycles. The zero-order chi connectivity index (χ0) is 18.7. The van der Waals surface area contributed by atoms with Crippen LogP contribution in [-0.4, -0.2) is 25.3 Å². The van der Waals surface area contributed by atoms with E-state index in [1.54, 1.807) is 23.9 Å². The fourth-order valence-electron chi connectivity index (χ4n) is 2.45. The number of fused-ring (bicyclic) bond motifs is 1. The van der Waals surface area contributed by atoms with E-state index in [1.807, 2.05) is 37.3 Å². The molecule has 0 bridgehead atoms. The molecular formula is C17H17ClN6O2. The first-order chi connectivity index (χ1) is 12.5. The second-order valence-electron chi connectivity index (χ2n) is 5.50. The minimum atomic E-state index is -0.524. The van der Waals surface area contributed by atoms with Crippen LogP contribution in [0.4, 0.5) is 5.95 Å². The number of anilines is 1. The van der Waals surface area contributed by atoms with Gasteiger partial charge in [-0.2, -0.15) is 10.1 Å². The quantitative estimate of drug-likeness (QED) is 0.407. The van der Waals surface area contributed by atoms with E-state index in [2.05, 4.69) is 20.5 Å². The molecule has 2 heterocycles. The summed E-state index contributed by atoms with van der Waals surface area (Å²) in [4.78, 5) is 30.7. The molecule has 0 spiro atoms. The van der Waals surface area contributed by atoms with Crippen molar-refractivity contribution in [1.29, 1.82) is 0 Å². The SMILES string of the molecule is C/C=C/Cn1c(N/N=C\c2ccccc2Cl)nc2c1c(=O)[nH]c(=O)n2C. The van der Waals surface area contributed by atoms with Crippen molar-refractivity contribution in [2.45, 2.75) is 13.5 Å². The molecule has 0 aliphatic carbocycles. The molecule has 0 fully saturated rings. The summed E-state index contributed by atoms with van der Waals surface area (Å²) in [6.07, 6.45) is 5.29. The van der Waals surface area contributed by atoms with E-state index in [-0.39, 0.29) is 5.65 Å². The number of nitrogens with one attached hydrogen (secondary N) is 2. The molecule has 0 saturated carbocycles. The van der Waals surface area contributed by atoms with E-state index in [4.69, 9.17) is 11.6 Å². The molecule has 0 unspecified atom stereocenters. The number of rotatable bonds is 5. The minimum absolute atomic E-state index is 0.277. The molecule has 2 aromatic heterocycles. The van der Waals surface area contributed by atoms with Crippen LogP contribution in [0, 0.1) is 0 Å². The fraction of sp³-hybridized carbons (Fsp3) is 0.176. The van der Waals surface area contributed by atoms with E-state index < -0.39 is 11.2 Å². The molecule has 0 saturated heterocycles. The number of aromatic amines is 1. The average Bonchev–Trinajstić information content (AvgIpc) is 2.99. The van der Waals surface area contributed by atoms with E-state index in [9.17, 15) is 9.59 Å². The van der Waals surface area contributed by atoms with Gasteiger partial charge in [0.15, 0.2) is 11.2 Å². The smallest absolute Gasteiger partial charge is 0.299 e. The van der Waals surface area contributed by atoms with Gasteiger partial charge in [-0.3, -0.25) is 18.9 Å². The molecular weight excluding hydrogens is 356 g/mol. The number of hydrogen-bond donors (Lipinski definition) is 2.